The lowest BCUT2D eigenvalue weighted by Gasteiger charge is -2.39. The van der Waals surface area contributed by atoms with Crippen molar-refractivity contribution in [2.24, 2.45) is 5.73 Å². The number of aromatic nitrogens is 1. The fourth-order valence-corrected chi connectivity index (χ4v) is 2.05. The third-order valence-corrected chi connectivity index (χ3v) is 3.14. The van der Waals surface area contributed by atoms with Gasteiger partial charge in [-0.2, -0.15) is 0 Å². The highest BCUT2D eigenvalue weighted by atomic mass is 16.5. The Hall–Kier alpha value is -1.29. The zero-order chi connectivity index (χ0) is 11.4. The van der Waals surface area contributed by atoms with Crippen LogP contribution in [-0.2, 0) is 0 Å². The number of nitrogens with two attached hydrogens (primary N) is 1. The van der Waals surface area contributed by atoms with Crippen molar-refractivity contribution in [1.82, 2.24) is 4.98 Å². The summed E-state index contributed by atoms with van der Waals surface area (Å²) in [5.74, 6) is 0.666. The first-order valence-electron chi connectivity index (χ1n) is 5.82. The third kappa shape index (κ3) is 2.27. The van der Waals surface area contributed by atoms with Crippen molar-refractivity contribution < 1.29 is 4.74 Å². The molecule has 0 saturated heterocycles. The molecule has 4 heteroatoms. The van der Waals surface area contributed by atoms with Gasteiger partial charge in [-0.15, -0.1) is 0 Å². The molecule has 0 bridgehead atoms. The number of nitrogens with zero attached hydrogens (tertiary/aromatic N) is 2. The lowest BCUT2D eigenvalue weighted by molar-refractivity contribution is 0.383. The van der Waals surface area contributed by atoms with Gasteiger partial charge in [0, 0.05) is 37.1 Å². The van der Waals surface area contributed by atoms with E-state index in [1.54, 1.807) is 13.3 Å². The molecule has 1 aliphatic rings. The average Bonchev–Trinajstić information content (AvgIpc) is 2.26. The van der Waals surface area contributed by atoms with Crippen LogP contribution in [0.4, 0.5) is 5.69 Å². The molecule has 1 fully saturated rings. The molecular weight excluding hydrogens is 202 g/mol. The van der Waals surface area contributed by atoms with Gasteiger partial charge in [0.2, 0.25) is 5.88 Å². The van der Waals surface area contributed by atoms with Crippen LogP contribution in [0.15, 0.2) is 18.3 Å². The fraction of sp³-hybridized carbons (Fsp3) is 0.583. The second-order valence-corrected chi connectivity index (χ2v) is 4.12. The molecule has 0 radical (unpaired) electrons. The first-order valence-corrected chi connectivity index (χ1v) is 5.82. The predicted molar refractivity (Wildman–Crippen MR) is 64.8 cm³/mol. The molecule has 88 valence electrons. The van der Waals surface area contributed by atoms with Crippen LogP contribution in [0.25, 0.3) is 0 Å². The van der Waals surface area contributed by atoms with Crippen molar-refractivity contribution in [2.75, 3.05) is 25.1 Å². The Labute approximate surface area is 96.4 Å². The van der Waals surface area contributed by atoms with Gasteiger partial charge in [-0.25, -0.2) is 4.98 Å². The third-order valence-electron chi connectivity index (χ3n) is 3.14. The van der Waals surface area contributed by atoms with Crippen molar-refractivity contribution in [1.29, 1.82) is 0 Å². The van der Waals surface area contributed by atoms with E-state index in [1.807, 2.05) is 12.1 Å². The van der Waals surface area contributed by atoms with E-state index in [2.05, 4.69) is 9.88 Å². The van der Waals surface area contributed by atoms with E-state index in [0.717, 1.165) is 6.54 Å². The van der Waals surface area contributed by atoms with Gasteiger partial charge in [-0.1, -0.05) is 0 Å². The summed E-state index contributed by atoms with van der Waals surface area (Å²) in [6.45, 7) is 1.58. The van der Waals surface area contributed by atoms with E-state index in [0.29, 0.717) is 18.5 Å². The topological polar surface area (TPSA) is 51.4 Å². The molecule has 1 aromatic rings. The quantitative estimate of drug-likeness (QED) is 0.816. The first-order chi connectivity index (χ1) is 7.85. The summed E-state index contributed by atoms with van der Waals surface area (Å²) in [4.78, 5) is 6.49. The van der Waals surface area contributed by atoms with Crippen LogP contribution in [-0.4, -0.2) is 31.2 Å². The molecule has 1 aromatic heterocycles. The van der Waals surface area contributed by atoms with Gasteiger partial charge in [0.05, 0.1) is 7.11 Å². The monoisotopic (exact) mass is 221 g/mol. The van der Waals surface area contributed by atoms with Gasteiger partial charge in [0.25, 0.3) is 0 Å². The molecule has 1 saturated carbocycles. The molecule has 0 aliphatic heterocycles. The van der Waals surface area contributed by atoms with E-state index in [1.165, 1.54) is 24.9 Å². The minimum Gasteiger partial charge on any atom is -0.481 e. The summed E-state index contributed by atoms with van der Waals surface area (Å²) in [7, 11) is 1.64. The van der Waals surface area contributed by atoms with Gasteiger partial charge in [0.1, 0.15) is 0 Å². The molecule has 1 heterocycles. The van der Waals surface area contributed by atoms with Gasteiger partial charge < -0.3 is 15.4 Å². The van der Waals surface area contributed by atoms with Crippen molar-refractivity contribution in [3.05, 3.63) is 18.3 Å². The number of methoxy groups -OCH3 is 1. The Kier molecular flexibility index (Phi) is 3.62. The zero-order valence-electron chi connectivity index (χ0n) is 9.72. The molecule has 1 aliphatic carbocycles. The number of rotatable bonds is 5. The van der Waals surface area contributed by atoms with Crippen molar-refractivity contribution >= 4 is 5.69 Å². The highest BCUT2D eigenvalue weighted by Gasteiger charge is 2.24. The van der Waals surface area contributed by atoms with Crippen LogP contribution in [0, 0.1) is 0 Å². The number of anilines is 1. The van der Waals surface area contributed by atoms with E-state index < -0.39 is 0 Å². The SMILES string of the molecule is COc1cc(N(CCN)C2CCC2)ccn1. The number of ether oxygens (including phenoxy) is 1. The summed E-state index contributed by atoms with van der Waals surface area (Å²) in [6, 6.07) is 4.65. The minimum absolute atomic E-state index is 0.649. The van der Waals surface area contributed by atoms with Crippen molar-refractivity contribution in [2.45, 2.75) is 25.3 Å². The Morgan fingerprint density at radius 3 is 2.94 bits per heavy atom. The van der Waals surface area contributed by atoms with Gasteiger partial charge in [0.15, 0.2) is 0 Å². The molecule has 2 rings (SSSR count). The van der Waals surface area contributed by atoms with E-state index >= 15 is 0 Å². The lowest BCUT2D eigenvalue weighted by Crippen LogP contribution is -2.43. The standard InChI is InChI=1S/C12H19N3O/c1-16-12-9-11(5-7-14-12)15(8-6-13)10-3-2-4-10/h5,7,9-10H,2-4,6,8,13H2,1H3. The van der Waals surface area contributed by atoms with Crippen LogP contribution in [0.2, 0.25) is 0 Å². The molecule has 0 atom stereocenters. The smallest absolute Gasteiger partial charge is 0.214 e. The summed E-state index contributed by atoms with van der Waals surface area (Å²) >= 11 is 0. The average molecular weight is 221 g/mol. The molecule has 4 nitrogen and oxygen atoms in total. The minimum atomic E-state index is 0.649. The van der Waals surface area contributed by atoms with Crippen molar-refractivity contribution in [3.8, 4) is 5.88 Å². The Balaban J connectivity index is 2.16. The van der Waals surface area contributed by atoms with Crippen LogP contribution < -0.4 is 15.4 Å². The Morgan fingerprint density at radius 1 is 1.56 bits per heavy atom. The van der Waals surface area contributed by atoms with Crippen LogP contribution in [0.5, 0.6) is 5.88 Å². The summed E-state index contributed by atoms with van der Waals surface area (Å²) < 4.78 is 5.15. The van der Waals surface area contributed by atoms with Crippen LogP contribution in [0.3, 0.4) is 0 Å². The van der Waals surface area contributed by atoms with Crippen molar-refractivity contribution in [3.63, 3.8) is 0 Å². The summed E-state index contributed by atoms with van der Waals surface area (Å²) in [5.41, 5.74) is 6.83. The molecule has 0 unspecified atom stereocenters. The highest BCUT2D eigenvalue weighted by molar-refractivity contribution is 5.49. The van der Waals surface area contributed by atoms with Gasteiger partial charge >= 0.3 is 0 Å². The first kappa shape index (κ1) is 11.2. The molecule has 0 amide bonds. The number of pyridine rings is 1. The highest BCUT2D eigenvalue weighted by Crippen LogP contribution is 2.30. The molecule has 2 N–H and O–H groups in total. The fourth-order valence-electron chi connectivity index (χ4n) is 2.05. The number of hydrogen-bond acceptors (Lipinski definition) is 4. The van der Waals surface area contributed by atoms with E-state index in [4.69, 9.17) is 10.5 Å². The number of hydrogen-bond donors (Lipinski definition) is 1. The maximum absolute atomic E-state index is 5.67. The predicted octanol–water partition coefficient (Wildman–Crippen LogP) is 1.41. The normalized spacial score (nSPS) is 15.6. The largest absolute Gasteiger partial charge is 0.481 e. The van der Waals surface area contributed by atoms with Crippen LogP contribution >= 0.6 is 0 Å². The second kappa shape index (κ2) is 5.16. The molecule has 0 aromatic carbocycles. The summed E-state index contributed by atoms with van der Waals surface area (Å²) in [5, 5.41) is 0. The lowest BCUT2D eigenvalue weighted by atomic mass is 9.91. The Bertz CT molecular complexity index is 339. The molecule has 0 spiro atoms. The Morgan fingerprint density at radius 2 is 2.38 bits per heavy atom. The van der Waals surface area contributed by atoms with Gasteiger partial charge in [-0.05, 0) is 25.3 Å². The molecule has 16 heavy (non-hydrogen) atoms. The van der Waals surface area contributed by atoms with E-state index in [9.17, 15) is 0 Å². The maximum Gasteiger partial charge on any atom is 0.214 e. The van der Waals surface area contributed by atoms with Gasteiger partial charge in [-0.3, -0.25) is 0 Å². The van der Waals surface area contributed by atoms with E-state index in [-0.39, 0.29) is 0 Å². The maximum atomic E-state index is 5.67. The summed E-state index contributed by atoms with van der Waals surface area (Å²) in [6.07, 6.45) is 5.65. The van der Waals surface area contributed by atoms with Crippen LogP contribution in [0.1, 0.15) is 19.3 Å². The zero-order valence-corrected chi connectivity index (χ0v) is 9.72. The second-order valence-electron chi connectivity index (χ2n) is 4.12. The molecular formula is C12H19N3O.